The average molecular weight is 530 g/mol. The number of anilines is 1. The molecule has 0 fully saturated rings. The molecular formula is C25H25F2N5O4S. The summed E-state index contributed by atoms with van der Waals surface area (Å²) < 4.78 is 56.6. The second-order valence-corrected chi connectivity index (χ2v) is 11.5. The number of carboxylic acids is 1. The third-order valence-electron chi connectivity index (χ3n) is 5.88. The maximum absolute atomic E-state index is 14.7. The molecule has 9 nitrogen and oxygen atoms in total. The molecule has 0 amide bonds. The molecule has 4 aromatic rings. The van der Waals surface area contributed by atoms with Gasteiger partial charge in [0.2, 0.25) is 0 Å². The van der Waals surface area contributed by atoms with Crippen LogP contribution in [0.1, 0.15) is 32.8 Å². The number of benzene rings is 1. The molecule has 2 N–H and O–H groups in total. The zero-order valence-electron chi connectivity index (χ0n) is 20.5. The quantitative estimate of drug-likeness (QED) is 0.355. The van der Waals surface area contributed by atoms with Gasteiger partial charge in [-0.15, -0.1) is 0 Å². The molecule has 194 valence electrons. The van der Waals surface area contributed by atoms with Crippen LogP contribution < -0.4 is 5.32 Å². The van der Waals surface area contributed by atoms with Crippen molar-refractivity contribution in [3.8, 4) is 11.4 Å². The molecule has 0 spiro atoms. The predicted octanol–water partition coefficient (Wildman–Crippen LogP) is 4.62. The van der Waals surface area contributed by atoms with Crippen LogP contribution in [0.15, 0.2) is 53.8 Å². The monoisotopic (exact) mass is 529 g/mol. The predicted molar refractivity (Wildman–Crippen MR) is 134 cm³/mol. The van der Waals surface area contributed by atoms with Crippen LogP contribution in [0.3, 0.4) is 0 Å². The highest BCUT2D eigenvalue weighted by Gasteiger charge is 2.29. The van der Waals surface area contributed by atoms with E-state index in [9.17, 15) is 27.1 Å². The fourth-order valence-corrected chi connectivity index (χ4v) is 5.08. The summed E-state index contributed by atoms with van der Waals surface area (Å²) in [5.41, 5.74) is 0.346. The zero-order valence-corrected chi connectivity index (χ0v) is 21.3. The first kappa shape index (κ1) is 26.1. The Morgan fingerprint density at radius 2 is 1.81 bits per heavy atom. The van der Waals surface area contributed by atoms with Gasteiger partial charge < -0.3 is 10.4 Å². The lowest BCUT2D eigenvalue weighted by Crippen LogP contribution is -2.36. The van der Waals surface area contributed by atoms with Crippen molar-refractivity contribution in [1.29, 1.82) is 0 Å². The van der Waals surface area contributed by atoms with E-state index >= 15 is 0 Å². The Hall–Kier alpha value is -3.93. The van der Waals surface area contributed by atoms with Crippen LogP contribution in [0.5, 0.6) is 0 Å². The van der Waals surface area contributed by atoms with Crippen molar-refractivity contribution in [2.24, 2.45) is 5.41 Å². The molecule has 37 heavy (non-hydrogen) atoms. The van der Waals surface area contributed by atoms with Gasteiger partial charge in [0.25, 0.3) is 10.0 Å². The fraction of sp³-hybridized carbons (Fsp3) is 0.280. The van der Waals surface area contributed by atoms with E-state index in [-0.39, 0.29) is 39.6 Å². The van der Waals surface area contributed by atoms with Gasteiger partial charge >= 0.3 is 5.97 Å². The smallest absolute Gasteiger partial charge is 0.305 e. The van der Waals surface area contributed by atoms with Crippen molar-refractivity contribution in [2.45, 2.75) is 45.1 Å². The lowest BCUT2D eigenvalue weighted by Gasteiger charge is -2.30. The number of carboxylic acid groups (broad SMARTS) is 1. The van der Waals surface area contributed by atoms with Crippen LogP contribution in [0.2, 0.25) is 0 Å². The number of halogens is 2. The molecule has 4 rings (SSSR count). The van der Waals surface area contributed by atoms with E-state index in [1.165, 1.54) is 18.3 Å². The van der Waals surface area contributed by atoms with Gasteiger partial charge in [-0.2, -0.15) is 0 Å². The Kier molecular flexibility index (Phi) is 6.72. The first-order chi connectivity index (χ1) is 17.3. The Morgan fingerprint density at radius 3 is 2.43 bits per heavy atom. The van der Waals surface area contributed by atoms with Crippen LogP contribution in [0, 0.1) is 24.0 Å². The summed E-state index contributed by atoms with van der Waals surface area (Å²) in [6, 6.07) is 6.61. The molecule has 1 atom stereocenters. The van der Waals surface area contributed by atoms with Crippen LogP contribution >= 0.6 is 0 Å². The molecule has 0 saturated carbocycles. The van der Waals surface area contributed by atoms with Crippen LogP contribution in [-0.4, -0.2) is 44.5 Å². The minimum Gasteiger partial charge on any atom is -0.481 e. The number of rotatable bonds is 7. The summed E-state index contributed by atoms with van der Waals surface area (Å²) in [6.07, 6.45) is 2.69. The van der Waals surface area contributed by atoms with Gasteiger partial charge in [-0.05, 0) is 30.5 Å². The van der Waals surface area contributed by atoms with Crippen LogP contribution in [-0.2, 0) is 14.8 Å². The first-order valence-corrected chi connectivity index (χ1v) is 12.7. The lowest BCUT2D eigenvalue weighted by molar-refractivity contribution is -0.137. The third-order valence-corrected chi connectivity index (χ3v) is 7.54. The molecule has 0 radical (unpaired) electrons. The van der Waals surface area contributed by atoms with Crippen molar-refractivity contribution in [3.63, 3.8) is 0 Å². The van der Waals surface area contributed by atoms with Gasteiger partial charge in [-0.25, -0.2) is 36.1 Å². The van der Waals surface area contributed by atoms with E-state index in [0.717, 1.165) is 28.0 Å². The molecule has 1 aromatic carbocycles. The lowest BCUT2D eigenvalue weighted by atomic mass is 9.85. The molecule has 0 unspecified atom stereocenters. The number of aryl methyl sites for hydroxylation is 1. The minimum absolute atomic E-state index is 0.00301. The number of pyridine rings is 1. The van der Waals surface area contributed by atoms with Gasteiger partial charge in [-0.3, -0.25) is 4.79 Å². The fourth-order valence-electron chi connectivity index (χ4n) is 3.75. The van der Waals surface area contributed by atoms with Crippen LogP contribution in [0.4, 0.5) is 14.6 Å². The highest BCUT2D eigenvalue weighted by molar-refractivity contribution is 7.90. The van der Waals surface area contributed by atoms with Crippen molar-refractivity contribution in [3.05, 3.63) is 66.1 Å². The Balaban J connectivity index is 1.86. The normalized spacial score (nSPS) is 13.0. The Labute approximate surface area is 212 Å². The molecule has 3 heterocycles. The molecule has 0 aliphatic rings. The van der Waals surface area contributed by atoms with Crippen LogP contribution in [0.25, 0.3) is 22.4 Å². The van der Waals surface area contributed by atoms with Crippen molar-refractivity contribution >= 4 is 32.8 Å². The maximum Gasteiger partial charge on any atom is 0.305 e. The van der Waals surface area contributed by atoms with Gasteiger partial charge in [0.15, 0.2) is 23.1 Å². The molecule has 0 saturated heterocycles. The summed E-state index contributed by atoms with van der Waals surface area (Å²) in [5.74, 6) is -2.98. The van der Waals surface area contributed by atoms with E-state index in [4.69, 9.17) is 0 Å². The molecule has 0 aliphatic carbocycles. The first-order valence-electron chi connectivity index (χ1n) is 11.3. The second kappa shape index (κ2) is 9.51. The van der Waals surface area contributed by atoms with E-state index in [1.54, 1.807) is 32.9 Å². The average Bonchev–Trinajstić information content (AvgIpc) is 3.19. The standard InChI is InChI=1S/C25H25F2N5O4S/c1-14-5-7-16(8-6-14)37(35,36)32-13-18(17-9-15(26)11-29-24(17)32)22-28-12-19(27)23(31-22)30-20(10-21(33)34)25(2,3)4/h5-9,11-13,20H,10H2,1-4H3,(H,33,34)(H,28,30,31)/t20-/m1/s1. The van der Waals surface area contributed by atoms with Crippen molar-refractivity contribution in [2.75, 3.05) is 5.32 Å². The van der Waals surface area contributed by atoms with E-state index in [0.29, 0.717) is 0 Å². The molecule has 12 heteroatoms. The van der Waals surface area contributed by atoms with E-state index in [2.05, 4.69) is 20.3 Å². The van der Waals surface area contributed by atoms with Gasteiger partial charge in [0.1, 0.15) is 5.82 Å². The number of nitrogens with one attached hydrogen (secondary N) is 1. The highest BCUT2D eigenvalue weighted by Crippen LogP contribution is 2.32. The number of aromatic nitrogens is 4. The Bertz CT molecular complexity index is 1600. The van der Waals surface area contributed by atoms with Crippen molar-refractivity contribution in [1.82, 2.24) is 18.9 Å². The number of carbonyl (C=O) groups is 1. The van der Waals surface area contributed by atoms with E-state index in [1.807, 2.05) is 6.92 Å². The van der Waals surface area contributed by atoms with E-state index < -0.39 is 39.1 Å². The number of aliphatic carboxylic acids is 1. The second-order valence-electron chi connectivity index (χ2n) is 9.73. The molecular weight excluding hydrogens is 504 g/mol. The zero-order chi connectivity index (χ0) is 27.1. The third kappa shape index (κ3) is 5.29. The topological polar surface area (TPSA) is 127 Å². The minimum atomic E-state index is -4.13. The largest absolute Gasteiger partial charge is 0.481 e. The molecule has 0 bridgehead atoms. The summed E-state index contributed by atoms with van der Waals surface area (Å²) in [6.45, 7) is 7.21. The summed E-state index contributed by atoms with van der Waals surface area (Å²) in [5, 5.41) is 12.2. The number of nitrogens with zero attached hydrogens (tertiary/aromatic N) is 4. The summed E-state index contributed by atoms with van der Waals surface area (Å²) in [4.78, 5) is 23.6. The maximum atomic E-state index is 14.7. The number of hydrogen-bond donors (Lipinski definition) is 2. The van der Waals surface area contributed by atoms with Gasteiger partial charge in [-0.1, -0.05) is 38.5 Å². The van der Waals surface area contributed by atoms with Crippen molar-refractivity contribution < 1.29 is 27.1 Å². The number of hydrogen-bond acceptors (Lipinski definition) is 7. The Morgan fingerprint density at radius 1 is 1.14 bits per heavy atom. The molecule has 0 aliphatic heterocycles. The van der Waals surface area contributed by atoms with Gasteiger partial charge in [0.05, 0.1) is 23.7 Å². The highest BCUT2D eigenvalue weighted by atomic mass is 32.2. The number of fused-ring (bicyclic) bond motifs is 1. The summed E-state index contributed by atoms with van der Waals surface area (Å²) >= 11 is 0. The SMILES string of the molecule is Cc1ccc(S(=O)(=O)n2cc(-c3ncc(F)c(N[C@H](CC(=O)O)C(C)(C)C)n3)c3cc(F)cnc32)cc1. The van der Waals surface area contributed by atoms with Gasteiger partial charge in [0, 0.05) is 23.2 Å². The molecule has 3 aromatic heterocycles. The summed E-state index contributed by atoms with van der Waals surface area (Å²) in [7, 11) is -4.13.